The molecule has 0 spiro atoms. The van der Waals surface area contributed by atoms with E-state index in [1.165, 1.54) is 0 Å². The van der Waals surface area contributed by atoms with Gasteiger partial charge in [-0.15, -0.1) is 11.3 Å². The maximum absolute atomic E-state index is 11.2. The van der Waals surface area contributed by atoms with Crippen molar-refractivity contribution < 1.29 is 9.90 Å². The van der Waals surface area contributed by atoms with E-state index in [4.69, 9.17) is 23.2 Å². The molecule has 0 aliphatic heterocycles. The van der Waals surface area contributed by atoms with Crippen LogP contribution in [0.4, 0.5) is 0 Å². The molecule has 3 aromatic rings. The van der Waals surface area contributed by atoms with Crippen LogP contribution >= 0.6 is 34.5 Å². The van der Waals surface area contributed by atoms with Crippen molar-refractivity contribution >= 4 is 50.6 Å². The number of hydrogen-bond acceptors (Lipinski definition) is 2. The largest absolute Gasteiger partial charge is 0.478 e. The predicted octanol–water partition coefficient (Wildman–Crippen LogP) is 5.81. The summed E-state index contributed by atoms with van der Waals surface area (Å²) in [5, 5.41) is 11.2. The molecule has 0 atom stereocenters. The first-order chi connectivity index (χ1) is 10.5. The monoisotopic (exact) mass is 350 g/mol. The molecule has 0 saturated heterocycles. The highest BCUT2D eigenvalue weighted by molar-refractivity contribution is 7.19. The Morgan fingerprint density at radius 1 is 1.23 bits per heavy atom. The predicted molar refractivity (Wildman–Crippen MR) is 92.8 cm³/mol. The van der Waals surface area contributed by atoms with Crippen LogP contribution in [-0.2, 0) is 6.42 Å². The molecule has 0 bridgehead atoms. The summed E-state index contributed by atoms with van der Waals surface area (Å²) in [4.78, 5) is 12.3. The van der Waals surface area contributed by atoms with Crippen LogP contribution in [0.15, 0.2) is 36.4 Å². The van der Waals surface area contributed by atoms with Crippen molar-refractivity contribution in [2.24, 2.45) is 0 Å². The lowest BCUT2D eigenvalue weighted by atomic mass is 10.0. The van der Waals surface area contributed by atoms with Crippen LogP contribution in [0.25, 0.3) is 10.1 Å². The van der Waals surface area contributed by atoms with Crippen molar-refractivity contribution in [3.63, 3.8) is 0 Å². The molecular formula is C17H12Cl2O2S. The lowest BCUT2D eigenvalue weighted by Crippen LogP contribution is -1.96. The van der Waals surface area contributed by atoms with Crippen molar-refractivity contribution in [1.82, 2.24) is 0 Å². The first-order valence-corrected chi connectivity index (χ1v) is 8.23. The van der Waals surface area contributed by atoms with E-state index in [2.05, 4.69) is 0 Å². The molecule has 112 valence electrons. The van der Waals surface area contributed by atoms with E-state index >= 15 is 0 Å². The summed E-state index contributed by atoms with van der Waals surface area (Å²) in [5.74, 6) is -0.919. The Kier molecular flexibility index (Phi) is 4.13. The second-order valence-corrected chi connectivity index (χ2v) is 7.08. The van der Waals surface area contributed by atoms with E-state index in [9.17, 15) is 9.90 Å². The third-order valence-corrected chi connectivity index (χ3v) is 5.62. The molecule has 1 N–H and O–H groups in total. The third kappa shape index (κ3) is 2.72. The normalized spacial score (nSPS) is 11.0. The molecule has 0 unspecified atom stereocenters. The van der Waals surface area contributed by atoms with Gasteiger partial charge in [0, 0.05) is 16.0 Å². The van der Waals surface area contributed by atoms with Gasteiger partial charge in [0.15, 0.2) is 0 Å². The molecule has 0 aliphatic rings. The number of aromatic carboxylic acids is 1. The molecule has 2 nitrogen and oxygen atoms in total. The lowest BCUT2D eigenvalue weighted by molar-refractivity contribution is 0.0697. The van der Waals surface area contributed by atoms with Gasteiger partial charge in [-0.3, -0.25) is 0 Å². The van der Waals surface area contributed by atoms with E-state index in [1.807, 2.05) is 25.1 Å². The lowest BCUT2D eigenvalue weighted by Gasteiger charge is -2.07. The summed E-state index contributed by atoms with van der Waals surface area (Å²) >= 11 is 14.0. The van der Waals surface area contributed by atoms with Gasteiger partial charge < -0.3 is 5.11 Å². The van der Waals surface area contributed by atoms with Gasteiger partial charge in [-0.25, -0.2) is 4.79 Å². The first kappa shape index (κ1) is 15.3. The second-order valence-electron chi connectivity index (χ2n) is 5.04. The van der Waals surface area contributed by atoms with E-state index in [0.717, 1.165) is 26.1 Å². The molecule has 0 aliphatic carbocycles. The number of aryl methyl sites for hydroxylation is 1. The molecule has 0 saturated carbocycles. The molecule has 1 aromatic heterocycles. The van der Waals surface area contributed by atoms with Crippen molar-refractivity contribution in [3.05, 3.63) is 68.0 Å². The summed E-state index contributed by atoms with van der Waals surface area (Å²) in [5.41, 5.74) is 2.34. The second kappa shape index (κ2) is 5.92. The highest BCUT2D eigenvalue weighted by atomic mass is 35.5. The Labute approximate surface area is 141 Å². The average Bonchev–Trinajstić information content (AvgIpc) is 2.79. The van der Waals surface area contributed by atoms with Crippen LogP contribution in [0.3, 0.4) is 0 Å². The summed E-state index contributed by atoms with van der Waals surface area (Å²) in [6.07, 6.45) is 0.633. The minimum Gasteiger partial charge on any atom is -0.478 e. The van der Waals surface area contributed by atoms with Crippen LogP contribution in [0.5, 0.6) is 0 Å². The maximum atomic E-state index is 11.2. The van der Waals surface area contributed by atoms with Crippen LogP contribution in [0.1, 0.15) is 26.4 Å². The molecule has 1 heterocycles. The van der Waals surface area contributed by atoms with Crippen LogP contribution < -0.4 is 0 Å². The van der Waals surface area contributed by atoms with E-state index in [0.29, 0.717) is 22.0 Å². The van der Waals surface area contributed by atoms with Gasteiger partial charge in [-0.1, -0.05) is 35.3 Å². The third-order valence-electron chi connectivity index (χ3n) is 3.64. The summed E-state index contributed by atoms with van der Waals surface area (Å²) in [7, 11) is 0. The Morgan fingerprint density at radius 2 is 2.00 bits per heavy atom. The fourth-order valence-electron chi connectivity index (χ4n) is 2.50. The van der Waals surface area contributed by atoms with Crippen molar-refractivity contribution in [3.8, 4) is 0 Å². The van der Waals surface area contributed by atoms with Crippen molar-refractivity contribution in [1.29, 1.82) is 0 Å². The number of benzene rings is 2. The van der Waals surface area contributed by atoms with E-state index in [1.54, 1.807) is 29.5 Å². The number of halogens is 2. The Balaban J connectivity index is 2.13. The van der Waals surface area contributed by atoms with Gasteiger partial charge in [0.1, 0.15) is 0 Å². The zero-order chi connectivity index (χ0) is 15.9. The fourth-order valence-corrected chi connectivity index (χ4v) is 3.95. The van der Waals surface area contributed by atoms with Gasteiger partial charge in [0.25, 0.3) is 0 Å². The summed E-state index contributed by atoms with van der Waals surface area (Å²) in [6, 6.07) is 10.8. The SMILES string of the molecule is Cc1sc2ccc(C(=O)O)cc2c1Cc1cccc(Cl)c1Cl. The van der Waals surface area contributed by atoms with Crippen LogP contribution in [-0.4, -0.2) is 11.1 Å². The quantitative estimate of drug-likeness (QED) is 0.647. The molecule has 22 heavy (non-hydrogen) atoms. The molecule has 0 radical (unpaired) electrons. The van der Waals surface area contributed by atoms with Gasteiger partial charge in [0.05, 0.1) is 15.6 Å². The molecule has 3 rings (SSSR count). The van der Waals surface area contributed by atoms with Gasteiger partial charge >= 0.3 is 5.97 Å². The van der Waals surface area contributed by atoms with Gasteiger partial charge in [-0.2, -0.15) is 0 Å². The topological polar surface area (TPSA) is 37.3 Å². The fraction of sp³-hybridized carbons (Fsp3) is 0.118. The Hall–Kier alpha value is -1.55. The van der Waals surface area contributed by atoms with Crippen LogP contribution in [0, 0.1) is 6.92 Å². The van der Waals surface area contributed by atoms with Crippen molar-refractivity contribution in [2.75, 3.05) is 0 Å². The standard InChI is InChI=1S/C17H12Cl2O2S/c1-9-12(7-10-3-2-4-14(18)16(10)19)13-8-11(17(20)21)5-6-15(13)22-9/h2-6,8H,7H2,1H3,(H,20,21). The first-order valence-electron chi connectivity index (χ1n) is 6.65. The highest BCUT2D eigenvalue weighted by Crippen LogP contribution is 2.35. The number of fused-ring (bicyclic) bond motifs is 1. The number of thiophene rings is 1. The molecule has 5 heteroatoms. The summed E-state index contributed by atoms with van der Waals surface area (Å²) < 4.78 is 1.08. The number of carbonyl (C=O) groups is 1. The average molecular weight is 351 g/mol. The minimum absolute atomic E-state index is 0.295. The molecule has 0 amide bonds. The smallest absolute Gasteiger partial charge is 0.335 e. The zero-order valence-electron chi connectivity index (χ0n) is 11.7. The Morgan fingerprint density at radius 3 is 2.73 bits per heavy atom. The van der Waals surface area contributed by atoms with Gasteiger partial charge in [-0.05, 0) is 47.7 Å². The number of carboxylic acid groups (broad SMARTS) is 1. The summed E-state index contributed by atoms with van der Waals surface area (Å²) in [6.45, 7) is 2.04. The maximum Gasteiger partial charge on any atom is 0.335 e. The highest BCUT2D eigenvalue weighted by Gasteiger charge is 2.14. The van der Waals surface area contributed by atoms with Crippen LogP contribution in [0.2, 0.25) is 10.0 Å². The number of rotatable bonds is 3. The minimum atomic E-state index is -0.919. The Bertz CT molecular complexity index is 884. The van der Waals surface area contributed by atoms with E-state index in [-0.39, 0.29) is 0 Å². The number of hydrogen-bond donors (Lipinski definition) is 1. The van der Waals surface area contributed by atoms with E-state index < -0.39 is 5.97 Å². The molecule has 0 fully saturated rings. The molecule has 2 aromatic carbocycles. The zero-order valence-corrected chi connectivity index (χ0v) is 14.0. The van der Waals surface area contributed by atoms with Crippen molar-refractivity contribution in [2.45, 2.75) is 13.3 Å². The molecular weight excluding hydrogens is 339 g/mol. The number of carboxylic acids is 1. The van der Waals surface area contributed by atoms with Gasteiger partial charge in [0.2, 0.25) is 0 Å².